The Morgan fingerprint density at radius 3 is 0.550 bits per heavy atom. The molecule has 0 aromatic heterocycles. The molecule has 0 amide bonds. The minimum absolute atomic E-state index is 0.258. The Labute approximate surface area is 250 Å². The first-order chi connectivity index (χ1) is 18.1. The maximum absolute atomic E-state index is 6.79. The fraction of sp³-hybridized carbons (Fsp3) is 1.00. The number of hydrogen-bond donors (Lipinski definition) is 0. The monoisotopic (exact) mass is 660 g/mol. The van der Waals surface area contributed by atoms with Crippen molar-refractivity contribution in [3.63, 3.8) is 0 Å². The fourth-order valence-corrected chi connectivity index (χ4v) is 25.4. The molecule has 0 aliphatic carbocycles. The van der Waals surface area contributed by atoms with E-state index in [1.165, 1.54) is 0 Å². The van der Waals surface area contributed by atoms with Crippen LogP contribution in [0, 0.1) is 29.6 Å². The number of hydrogen-bond acceptors (Lipinski definition) is 10. The third-order valence-electron chi connectivity index (χ3n) is 5.25. The van der Waals surface area contributed by atoms with Crippen molar-refractivity contribution in [2.45, 2.75) is 102 Å². The van der Waals surface area contributed by atoms with Crippen LogP contribution in [0.15, 0.2) is 0 Å². The summed E-state index contributed by atoms with van der Waals surface area (Å²) in [4.78, 5) is 0. The lowest BCUT2D eigenvalue weighted by atomic mass is 10.2. The Balaban J connectivity index is 3.76. The molecule has 0 unspecified atom stereocenters. The van der Waals surface area contributed by atoms with Gasteiger partial charge in [0.1, 0.15) is 0 Å². The van der Waals surface area contributed by atoms with Crippen LogP contribution in [0.3, 0.4) is 0 Å². The summed E-state index contributed by atoms with van der Waals surface area (Å²) in [5, 5.41) is 0. The summed E-state index contributed by atoms with van der Waals surface area (Å²) in [6, 6.07) is 0. The van der Waals surface area contributed by atoms with Crippen LogP contribution in [-0.2, 0) is 42.7 Å². The van der Waals surface area contributed by atoms with E-state index >= 15 is 0 Å². The maximum atomic E-state index is 6.79. The Morgan fingerprint density at radius 2 is 0.450 bits per heavy atom. The van der Waals surface area contributed by atoms with Gasteiger partial charge in [-0.3, -0.25) is 0 Å². The summed E-state index contributed by atoms with van der Waals surface area (Å²) >= 11 is 0. The van der Waals surface area contributed by atoms with Crippen LogP contribution in [0.2, 0.25) is 32.7 Å². The third-order valence-corrected chi connectivity index (χ3v) is 23.5. The zero-order valence-corrected chi connectivity index (χ0v) is 33.0. The van der Waals surface area contributed by atoms with E-state index in [0.717, 1.165) is 0 Å². The summed E-state index contributed by atoms with van der Waals surface area (Å²) in [7, 11) is -17.3. The largest absolute Gasteiger partial charge is 0.482 e. The van der Waals surface area contributed by atoms with E-state index in [4.69, 9.17) is 42.7 Å². The smallest absolute Gasteiger partial charge is 0.374 e. The van der Waals surface area contributed by atoms with Crippen molar-refractivity contribution >= 4 is 44.0 Å². The van der Waals surface area contributed by atoms with Crippen LogP contribution in [0.5, 0.6) is 0 Å². The predicted molar refractivity (Wildman–Crippen MR) is 167 cm³/mol. The molecule has 0 aromatic rings. The Morgan fingerprint density at radius 1 is 0.325 bits per heavy atom. The Kier molecular flexibility index (Phi) is 15.6. The van der Waals surface area contributed by atoms with Gasteiger partial charge in [0.2, 0.25) is 0 Å². The van der Waals surface area contributed by atoms with Crippen molar-refractivity contribution < 1.29 is 42.7 Å². The molecule has 1 aliphatic rings. The van der Waals surface area contributed by atoms with E-state index in [1.54, 1.807) is 0 Å². The molecule has 10 nitrogen and oxygen atoms in total. The molecule has 1 saturated heterocycles. The second-order valence-electron chi connectivity index (χ2n) is 13.3. The quantitative estimate of drug-likeness (QED) is 0.187. The van der Waals surface area contributed by atoms with Crippen molar-refractivity contribution in [2.75, 3.05) is 33.0 Å². The van der Waals surface area contributed by atoms with Gasteiger partial charge in [-0.1, -0.05) is 69.2 Å². The zero-order chi connectivity index (χ0) is 31.0. The van der Waals surface area contributed by atoms with Gasteiger partial charge in [0.25, 0.3) is 0 Å². The summed E-state index contributed by atoms with van der Waals surface area (Å²) in [5.74, 6) is 1.29. The van der Waals surface area contributed by atoms with Crippen LogP contribution < -0.4 is 0 Å². The fourth-order valence-electron chi connectivity index (χ4n) is 3.67. The first-order valence-corrected chi connectivity index (χ1v) is 25.9. The highest BCUT2D eigenvalue weighted by Gasteiger charge is 2.63. The second-order valence-corrected chi connectivity index (χ2v) is 27.5. The van der Waals surface area contributed by atoms with Gasteiger partial charge in [-0.25, -0.2) is 0 Å². The molecule has 1 fully saturated rings. The molecular formula is C25H60O10Si5. The van der Waals surface area contributed by atoms with Crippen LogP contribution in [0.1, 0.15) is 69.2 Å². The summed E-state index contributed by atoms with van der Waals surface area (Å²) in [6.45, 7) is 32.5. The molecule has 0 bridgehead atoms. The molecule has 0 aromatic carbocycles. The lowest BCUT2D eigenvalue weighted by Gasteiger charge is -2.47. The highest BCUT2D eigenvalue weighted by atomic mass is 28.6. The lowest BCUT2D eigenvalue weighted by molar-refractivity contribution is 0.0133. The van der Waals surface area contributed by atoms with Gasteiger partial charge in [0, 0.05) is 65.8 Å². The first-order valence-electron chi connectivity index (χ1n) is 14.8. The SMILES string of the molecule is CC(C)CO[Si]1(C)O[Si](C)(OCC(C)C)O[Si](C)(OCC(C)C)O[Si](C)(OCC(C)C)O[Si](C)(OCC(C)C)O1. The Hall–Kier alpha value is 0.684. The van der Waals surface area contributed by atoms with Gasteiger partial charge in [-0.15, -0.1) is 0 Å². The molecule has 1 rings (SSSR count). The average Bonchev–Trinajstić information content (AvgIpc) is 2.77. The van der Waals surface area contributed by atoms with Crippen molar-refractivity contribution in [2.24, 2.45) is 29.6 Å². The van der Waals surface area contributed by atoms with Crippen LogP contribution in [-0.4, -0.2) is 77.1 Å². The molecule has 240 valence electrons. The van der Waals surface area contributed by atoms with Crippen molar-refractivity contribution in [1.29, 1.82) is 0 Å². The molecule has 0 spiro atoms. The van der Waals surface area contributed by atoms with Gasteiger partial charge in [-0.05, 0) is 29.6 Å². The molecular weight excluding hydrogens is 601 g/mol. The minimum atomic E-state index is -3.46. The van der Waals surface area contributed by atoms with E-state index in [0.29, 0.717) is 33.0 Å². The normalized spacial score (nSPS) is 34.5. The summed E-state index contributed by atoms with van der Waals surface area (Å²) < 4.78 is 66.2. The van der Waals surface area contributed by atoms with Crippen molar-refractivity contribution in [3.05, 3.63) is 0 Å². The van der Waals surface area contributed by atoms with Crippen molar-refractivity contribution in [3.8, 4) is 0 Å². The molecule has 0 saturated carbocycles. The highest BCUT2D eigenvalue weighted by Crippen LogP contribution is 2.34. The molecule has 0 atom stereocenters. The van der Waals surface area contributed by atoms with Crippen LogP contribution in [0.25, 0.3) is 0 Å². The second kappa shape index (κ2) is 16.1. The highest BCUT2D eigenvalue weighted by molar-refractivity contribution is 6.88. The predicted octanol–water partition coefficient (Wildman–Crippen LogP) is 6.29. The van der Waals surface area contributed by atoms with E-state index in [9.17, 15) is 0 Å². The number of rotatable bonds is 15. The molecule has 1 aliphatic heterocycles. The van der Waals surface area contributed by atoms with Gasteiger partial charge in [0.05, 0.1) is 0 Å². The van der Waals surface area contributed by atoms with E-state index in [1.807, 2.05) is 32.7 Å². The average molecular weight is 661 g/mol. The van der Waals surface area contributed by atoms with Gasteiger partial charge in [0.15, 0.2) is 0 Å². The van der Waals surface area contributed by atoms with Crippen LogP contribution >= 0.6 is 0 Å². The molecule has 0 radical (unpaired) electrons. The van der Waals surface area contributed by atoms with Gasteiger partial charge < -0.3 is 42.7 Å². The standard InChI is InChI=1S/C25H60O10Si5/c1-21(2)16-26-36(11)31-37(12,27-17-22(3)4)33-39(14,29-19-24(7)8)35-40(15,30-20-25(9)10)34-38(13,32-36)28-18-23(5)6/h21-25H,16-20H2,1-15H3. The van der Waals surface area contributed by atoms with Crippen LogP contribution in [0.4, 0.5) is 0 Å². The molecule has 15 heteroatoms. The lowest BCUT2D eigenvalue weighted by Crippen LogP contribution is -2.70. The summed E-state index contributed by atoms with van der Waals surface area (Å²) in [5.41, 5.74) is 0. The molecule has 40 heavy (non-hydrogen) atoms. The zero-order valence-electron chi connectivity index (χ0n) is 28.0. The van der Waals surface area contributed by atoms with Gasteiger partial charge >= 0.3 is 44.0 Å². The van der Waals surface area contributed by atoms with E-state index in [-0.39, 0.29) is 29.6 Å². The summed E-state index contributed by atoms with van der Waals surface area (Å²) in [6.07, 6.45) is 0. The van der Waals surface area contributed by atoms with E-state index < -0.39 is 44.0 Å². The topological polar surface area (TPSA) is 92.3 Å². The maximum Gasteiger partial charge on any atom is 0.482 e. The third kappa shape index (κ3) is 14.9. The van der Waals surface area contributed by atoms with E-state index in [2.05, 4.69) is 69.2 Å². The van der Waals surface area contributed by atoms with Gasteiger partial charge in [-0.2, -0.15) is 0 Å². The first kappa shape index (κ1) is 38.7. The molecule has 1 heterocycles. The molecule has 0 N–H and O–H groups in total. The minimum Gasteiger partial charge on any atom is -0.374 e. The Bertz CT molecular complexity index is 591. The van der Waals surface area contributed by atoms with Crippen molar-refractivity contribution in [1.82, 2.24) is 0 Å².